The van der Waals surface area contributed by atoms with Crippen LogP contribution in [-0.2, 0) is 11.2 Å². The third kappa shape index (κ3) is 2.73. The van der Waals surface area contributed by atoms with Crippen molar-refractivity contribution in [3.8, 4) is 6.07 Å². The molecule has 7 nitrogen and oxygen atoms in total. The van der Waals surface area contributed by atoms with E-state index in [9.17, 15) is 23.7 Å². The fraction of sp³-hybridized carbons (Fsp3) is 0.222. The summed E-state index contributed by atoms with van der Waals surface area (Å²) < 4.78 is 24.9. The molecule has 0 radical (unpaired) electrons. The molecule has 0 bridgehead atoms. The van der Waals surface area contributed by atoms with Gasteiger partial charge in [-0.2, -0.15) is 5.26 Å². The van der Waals surface area contributed by atoms with E-state index in [4.69, 9.17) is 10.4 Å². The second-order valence-electron chi connectivity index (χ2n) is 3.13. The van der Waals surface area contributed by atoms with E-state index < -0.39 is 46.4 Å². The van der Waals surface area contributed by atoms with Crippen LogP contribution in [0.5, 0.6) is 0 Å². The van der Waals surface area contributed by atoms with Gasteiger partial charge in [0.05, 0.1) is 17.0 Å². The topological polar surface area (TPSA) is 117 Å². The number of rotatable bonds is 4. The zero-order valence-electron chi connectivity index (χ0n) is 8.63. The smallest absolute Gasteiger partial charge is 0.309 e. The van der Waals surface area contributed by atoms with Crippen molar-refractivity contribution in [1.29, 1.82) is 5.26 Å². The van der Waals surface area contributed by atoms with E-state index >= 15 is 0 Å². The third-order valence-corrected chi connectivity index (χ3v) is 1.94. The Hall–Kier alpha value is -2.63. The van der Waals surface area contributed by atoms with E-state index in [1.165, 1.54) is 6.07 Å². The summed E-state index contributed by atoms with van der Waals surface area (Å²) >= 11 is 0. The van der Waals surface area contributed by atoms with Gasteiger partial charge in [-0.05, 0) is 0 Å². The molecule has 1 aromatic rings. The van der Waals surface area contributed by atoms with Gasteiger partial charge in [0.1, 0.15) is 11.8 Å². The molecule has 0 unspecified atom stereocenters. The summed E-state index contributed by atoms with van der Waals surface area (Å²) in [4.78, 5) is 23.4. The van der Waals surface area contributed by atoms with Crippen molar-refractivity contribution in [1.82, 2.24) is 4.98 Å². The van der Waals surface area contributed by atoms with Gasteiger partial charge in [0.2, 0.25) is 0 Å². The number of halogens is 2. The zero-order valence-corrected chi connectivity index (χ0v) is 8.63. The minimum atomic E-state index is -3.09. The minimum absolute atomic E-state index is 0.467. The Bertz CT molecular complexity index is 553. The summed E-state index contributed by atoms with van der Waals surface area (Å²) in [5.74, 6) is -1.43. The lowest BCUT2D eigenvalue weighted by molar-refractivity contribution is -0.385. The molecule has 1 N–H and O–H groups in total. The van der Waals surface area contributed by atoms with E-state index in [1.54, 1.807) is 0 Å². The van der Waals surface area contributed by atoms with Crippen LogP contribution in [0.25, 0.3) is 0 Å². The molecule has 0 aliphatic heterocycles. The van der Waals surface area contributed by atoms with Gasteiger partial charge in [0.15, 0.2) is 5.56 Å². The summed E-state index contributed by atoms with van der Waals surface area (Å²) in [6.07, 6.45) is -3.94. The van der Waals surface area contributed by atoms with Crippen molar-refractivity contribution in [2.75, 3.05) is 0 Å². The molecule has 0 aromatic carbocycles. The van der Waals surface area contributed by atoms with Crippen molar-refractivity contribution >= 4 is 11.7 Å². The highest BCUT2D eigenvalue weighted by molar-refractivity contribution is 5.71. The number of carboxylic acid groups (broad SMARTS) is 1. The third-order valence-electron chi connectivity index (χ3n) is 1.94. The number of carboxylic acids is 1. The number of aromatic nitrogens is 1. The lowest BCUT2D eigenvalue weighted by Crippen LogP contribution is -2.09. The monoisotopic (exact) mass is 257 g/mol. The van der Waals surface area contributed by atoms with Crippen molar-refractivity contribution in [2.45, 2.75) is 12.8 Å². The first-order valence-corrected chi connectivity index (χ1v) is 4.45. The largest absolute Gasteiger partial charge is 0.481 e. The van der Waals surface area contributed by atoms with Crippen molar-refractivity contribution < 1.29 is 23.6 Å². The number of nitriles is 1. The summed E-state index contributed by atoms with van der Waals surface area (Å²) in [5, 5.41) is 27.9. The lowest BCUT2D eigenvalue weighted by atomic mass is 10.1. The van der Waals surface area contributed by atoms with Crippen LogP contribution in [0.3, 0.4) is 0 Å². The summed E-state index contributed by atoms with van der Waals surface area (Å²) in [6.45, 7) is 0. The van der Waals surface area contributed by atoms with Gasteiger partial charge in [-0.3, -0.25) is 14.9 Å². The van der Waals surface area contributed by atoms with Crippen LogP contribution in [0.2, 0.25) is 0 Å². The minimum Gasteiger partial charge on any atom is -0.481 e. The summed E-state index contributed by atoms with van der Waals surface area (Å²) in [5.41, 5.74) is -2.97. The van der Waals surface area contributed by atoms with Crippen molar-refractivity contribution in [2.24, 2.45) is 0 Å². The Balaban J connectivity index is 3.51. The van der Waals surface area contributed by atoms with Gasteiger partial charge in [0.25, 0.3) is 12.1 Å². The maximum Gasteiger partial charge on any atom is 0.309 e. The van der Waals surface area contributed by atoms with E-state index in [-0.39, 0.29) is 0 Å². The number of carbonyl (C=O) groups is 1. The Kier molecular flexibility index (Phi) is 3.83. The van der Waals surface area contributed by atoms with E-state index in [0.29, 0.717) is 6.07 Å². The highest BCUT2D eigenvalue weighted by Crippen LogP contribution is 2.27. The Morgan fingerprint density at radius 2 is 2.28 bits per heavy atom. The zero-order chi connectivity index (χ0) is 13.9. The summed E-state index contributed by atoms with van der Waals surface area (Å²) in [7, 11) is 0. The van der Waals surface area contributed by atoms with Gasteiger partial charge in [-0.15, -0.1) is 0 Å². The van der Waals surface area contributed by atoms with Gasteiger partial charge in [-0.25, -0.2) is 13.8 Å². The maximum absolute atomic E-state index is 12.4. The molecule has 1 rings (SSSR count). The molecule has 0 saturated heterocycles. The molecule has 94 valence electrons. The molecule has 1 aromatic heterocycles. The average Bonchev–Trinajstić information content (AvgIpc) is 2.26. The van der Waals surface area contributed by atoms with Gasteiger partial charge >= 0.3 is 5.97 Å². The van der Waals surface area contributed by atoms with Crippen molar-refractivity contribution in [3.05, 3.63) is 33.1 Å². The second kappa shape index (κ2) is 5.13. The molecule has 1 heterocycles. The number of aliphatic carboxylic acids is 1. The van der Waals surface area contributed by atoms with Crippen LogP contribution >= 0.6 is 0 Å². The molecule has 0 amide bonds. The molecule has 0 atom stereocenters. The normalized spacial score (nSPS) is 10.1. The molecule has 0 saturated carbocycles. The fourth-order valence-corrected chi connectivity index (χ4v) is 1.25. The number of nitro groups is 1. The number of nitrogens with zero attached hydrogens (tertiary/aromatic N) is 3. The predicted molar refractivity (Wildman–Crippen MR) is 51.9 cm³/mol. The van der Waals surface area contributed by atoms with Crippen LogP contribution in [0.4, 0.5) is 14.5 Å². The number of alkyl halides is 2. The molecular formula is C9H5F2N3O4. The van der Waals surface area contributed by atoms with E-state index in [0.717, 1.165) is 0 Å². The average molecular weight is 257 g/mol. The second-order valence-corrected chi connectivity index (χ2v) is 3.13. The highest BCUT2D eigenvalue weighted by Gasteiger charge is 2.25. The molecule has 18 heavy (non-hydrogen) atoms. The SMILES string of the molecule is N#Cc1c([N+](=O)[O-])cc(C(F)F)nc1CC(=O)O. The van der Waals surface area contributed by atoms with E-state index in [2.05, 4.69) is 4.98 Å². The lowest BCUT2D eigenvalue weighted by Gasteiger charge is -2.05. The van der Waals surface area contributed by atoms with Gasteiger partial charge in [0, 0.05) is 6.07 Å². The van der Waals surface area contributed by atoms with E-state index in [1.807, 2.05) is 0 Å². The molecule has 0 aliphatic carbocycles. The predicted octanol–water partition coefficient (Wildman–Crippen LogP) is 1.43. The highest BCUT2D eigenvalue weighted by atomic mass is 19.3. The number of hydrogen-bond acceptors (Lipinski definition) is 5. The van der Waals surface area contributed by atoms with Crippen LogP contribution in [0.1, 0.15) is 23.4 Å². The first-order chi connectivity index (χ1) is 8.36. The first kappa shape index (κ1) is 13.4. The molecule has 0 fully saturated rings. The molecule has 9 heteroatoms. The fourth-order valence-electron chi connectivity index (χ4n) is 1.25. The number of pyridine rings is 1. The quantitative estimate of drug-likeness (QED) is 0.643. The Morgan fingerprint density at radius 1 is 1.67 bits per heavy atom. The number of hydrogen-bond donors (Lipinski definition) is 1. The standard InChI is InChI=1S/C9H5F2N3O4/c10-9(11)6-1-7(14(17)18)4(3-12)5(13-6)2-8(15)16/h1,9H,2H2,(H,15,16). The van der Waals surface area contributed by atoms with Gasteiger partial charge in [-0.1, -0.05) is 0 Å². The molecular weight excluding hydrogens is 252 g/mol. The van der Waals surface area contributed by atoms with Crippen LogP contribution < -0.4 is 0 Å². The van der Waals surface area contributed by atoms with Crippen LogP contribution in [0.15, 0.2) is 6.07 Å². The molecule has 0 spiro atoms. The molecule has 0 aliphatic rings. The Labute approximate surface area is 98.4 Å². The summed E-state index contributed by atoms with van der Waals surface area (Å²) in [6, 6.07) is 1.87. The Morgan fingerprint density at radius 3 is 2.67 bits per heavy atom. The van der Waals surface area contributed by atoms with Gasteiger partial charge < -0.3 is 5.11 Å². The van der Waals surface area contributed by atoms with Crippen LogP contribution in [-0.4, -0.2) is 21.0 Å². The first-order valence-electron chi connectivity index (χ1n) is 4.45. The van der Waals surface area contributed by atoms with Crippen LogP contribution in [0, 0.1) is 21.4 Å². The van der Waals surface area contributed by atoms with Crippen molar-refractivity contribution in [3.63, 3.8) is 0 Å². The maximum atomic E-state index is 12.4.